The summed E-state index contributed by atoms with van der Waals surface area (Å²) in [6.07, 6.45) is 0. The lowest BCUT2D eigenvalue weighted by atomic mass is 10.0. The zero-order chi connectivity index (χ0) is 25.7. The van der Waals surface area contributed by atoms with Gasteiger partial charge >= 0.3 is 0 Å². The molecule has 0 saturated carbocycles. The fraction of sp³-hybridized carbons (Fsp3) is 0.444. The Labute approximate surface area is 207 Å². The number of piperazine rings is 1. The van der Waals surface area contributed by atoms with Gasteiger partial charge in [-0.05, 0) is 44.0 Å². The zero-order valence-corrected chi connectivity index (χ0v) is 21.3. The van der Waals surface area contributed by atoms with Crippen molar-refractivity contribution in [2.45, 2.75) is 39.8 Å². The summed E-state index contributed by atoms with van der Waals surface area (Å²) in [6, 6.07) is 11.6. The van der Waals surface area contributed by atoms with Gasteiger partial charge in [-0.3, -0.25) is 14.4 Å². The molecule has 0 bridgehead atoms. The van der Waals surface area contributed by atoms with Gasteiger partial charge in [0.15, 0.2) is 0 Å². The minimum atomic E-state index is -0.703. The number of nitrogens with zero attached hydrogens (tertiary/aromatic N) is 2. The maximum absolute atomic E-state index is 13.4. The van der Waals surface area contributed by atoms with Crippen LogP contribution < -0.4 is 14.8 Å². The van der Waals surface area contributed by atoms with Crippen molar-refractivity contribution < 1.29 is 23.9 Å². The van der Waals surface area contributed by atoms with E-state index in [9.17, 15) is 14.4 Å². The molecule has 1 fully saturated rings. The number of carbonyl (C=O) groups excluding carboxylic acids is 3. The van der Waals surface area contributed by atoms with Crippen LogP contribution in [0.4, 0.5) is 0 Å². The van der Waals surface area contributed by atoms with Gasteiger partial charge in [-0.2, -0.15) is 0 Å². The fourth-order valence-corrected chi connectivity index (χ4v) is 4.19. The highest BCUT2D eigenvalue weighted by Gasteiger charge is 2.35. The Kier molecular flexibility index (Phi) is 8.38. The van der Waals surface area contributed by atoms with Gasteiger partial charge in [0.25, 0.3) is 11.8 Å². The van der Waals surface area contributed by atoms with Crippen LogP contribution in [-0.2, 0) is 4.79 Å². The Morgan fingerprint density at radius 3 is 2.06 bits per heavy atom. The van der Waals surface area contributed by atoms with Crippen molar-refractivity contribution in [3.63, 3.8) is 0 Å². The Bertz CT molecular complexity index is 1040. The Balaban J connectivity index is 1.69. The number of benzene rings is 2. The lowest BCUT2D eigenvalue weighted by molar-refractivity contribution is -0.136. The molecule has 8 heteroatoms. The standard InChI is InChI=1S/C27H35N3O5/c1-17(2)24(28-25(31)21-13-22(34-5)15-23(14-21)35-6)27(33)29-11-12-30(19(4)16-29)26(32)20-9-7-18(3)8-10-20/h7-10,13-15,17,19,24H,11-12,16H2,1-6H3,(H,28,31). The third-order valence-corrected chi connectivity index (χ3v) is 6.33. The second kappa shape index (κ2) is 11.3. The molecule has 1 N–H and O–H groups in total. The van der Waals surface area contributed by atoms with Crippen LogP contribution in [0.15, 0.2) is 42.5 Å². The van der Waals surface area contributed by atoms with Crippen molar-refractivity contribution in [2.24, 2.45) is 5.92 Å². The minimum Gasteiger partial charge on any atom is -0.497 e. The molecule has 3 amide bonds. The van der Waals surface area contributed by atoms with Crippen LogP contribution in [0, 0.1) is 12.8 Å². The van der Waals surface area contributed by atoms with Crippen molar-refractivity contribution in [1.29, 1.82) is 0 Å². The molecule has 188 valence electrons. The second-order valence-electron chi connectivity index (χ2n) is 9.29. The first-order chi connectivity index (χ1) is 16.6. The average Bonchev–Trinajstić information content (AvgIpc) is 2.86. The molecule has 0 spiro atoms. The highest BCUT2D eigenvalue weighted by molar-refractivity contribution is 5.98. The molecule has 1 aliphatic heterocycles. The maximum atomic E-state index is 13.4. The lowest BCUT2D eigenvalue weighted by Crippen LogP contribution is -2.59. The molecule has 1 aliphatic rings. The highest BCUT2D eigenvalue weighted by atomic mass is 16.5. The number of carbonyl (C=O) groups is 3. The number of nitrogens with one attached hydrogen (secondary N) is 1. The molecule has 2 unspecified atom stereocenters. The van der Waals surface area contributed by atoms with Gasteiger partial charge in [0, 0.05) is 42.9 Å². The van der Waals surface area contributed by atoms with Gasteiger partial charge in [0.1, 0.15) is 17.5 Å². The molecule has 3 rings (SSSR count). The van der Waals surface area contributed by atoms with Gasteiger partial charge in [-0.25, -0.2) is 0 Å². The van der Waals surface area contributed by atoms with Gasteiger partial charge in [-0.15, -0.1) is 0 Å². The quantitative estimate of drug-likeness (QED) is 0.657. The molecular formula is C27H35N3O5. The fourth-order valence-electron chi connectivity index (χ4n) is 4.19. The summed E-state index contributed by atoms with van der Waals surface area (Å²) < 4.78 is 10.5. The van der Waals surface area contributed by atoms with E-state index in [4.69, 9.17) is 9.47 Å². The van der Waals surface area contributed by atoms with Crippen LogP contribution in [0.3, 0.4) is 0 Å². The van der Waals surface area contributed by atoms with Crippen molar-refractivity contribution in [3.8, 4) is 11.5 Å². The molecule has 0 aliphatic carbocycles. The van der Waals surface area contributed by atoms with E-state index in [2.05, 4.69) is 5.32 Å². The van der Waals surface area contributed by atoms with E-state index >= 15 is 0 Å². The molecular weight excluding hydrogens is 446 g/mol. The van der Waals surface area contributed by atoms with E-state index in [1.54, 1.807) is 28.0 Å². The third-order valence-electron chi connectivity index (χ3n) is 6.33. The topological polar surface area (TPSA) is 88.2 Å². The molecule has 0 aromatic heterocycles. The normalized spacial score (nSPS) is 16.6. The molecule has 1 heterocycles. The number of hydrogen-bond acceptors (Lipinski definition) is 5. The number of ether oxygens (including phenoxy) is 2. The molecule has 2 atom stereocenters. The summed E-state index contributed by atoms with van der Waals surface area (Å²) >= 11 is 0. The Morgan fingerprint density at radius 1 is 0.943 bits per heavy atom. The third kappa shape index (κ3) is 6.12. The van der Waals surface area contributed by atoms with E-state index in [-0.39, 0.29) is 29.7 Å². The van der Waals surface area contributed by atoms with Crippen LogP contribution in [0.2, 0.25) is 0 Å². The van der Waals surface area contributed by atoms with Crippen LogP contribution in [0.5, 0.6) is 11.5 Å². The van der Waals surface area contributed by atoms with E-state index in [0.717, 1.165) is 5.56 Å². The Hall–Kier alpha value is -3.55. The van der Waals surface area contributed by atoms with Gasteiger partial charge in [0.05, 0.1) is 14.2 Å². The number of aryl methyl sites for hydroxylation is 1. The first-order valence-corrected chi connectivity index (χ1v) is 11.8. The van der Waals surface area contributed by atoms with Crippen molar-refractivity contribution in [3.05, 3.63) is 59.2 Å². The summed E-state index contributed by atoms with van der Waals surface area (Å²) in [4.78, 5) is 43.0. The van der Waals surface area contributed by atoms with Gasteiger partial charge < -0.3 is 24.6 Å². The van der Waals surface area contributed by atoms with Crippen LogP contribution >= 0.6 is 0 Å². The van der Waals surface area contributed by atoms with Crippen LogP contribution in [0.25, 0.3) is 0 Å². The van der Waals surface area contributed by atoms with E-state index in [1.807, 2.05) is 52.0 Å². The molecule has 2 aromatic rings. The maximum Gasteiger partial charge on any atom is 0.254 e. The highest BCUT2D eigenvalue weighted by Crippen LogP contribution is 2.23. The first-order valence-electron chi connectivity index (χ1n) is 11.8. The molecule has 35 heavy (non-hydrogen) atoms. The summed E-state index contributed by atoms with van der Waals surface area (Å²) in [5, 5.41) is 2.89. The van der Waals surface area contributed by atoms with E-state index in [0.29, 0.717) is 42.3 Å². The lowest BCUT2D eigenvalue weighted by Gasteiger charge is -2.41. The summed E-state index contributed by atoms with van der Waals surface area (Å²) in [7, 11) is 3.03. The number of amides is 3. The predicted octanol–water partition coefficient (Wildman–Crippen LogP) is 3.14. The van der Waals surface area contributed by atoms with Crippen LogP contribution in [0.1, 0.15) is 47.1 Å². The summed E-state index contributed by atoms with van der Waals surface area (Å²) in [5.74, 6) is 0.287. The van der Waals surface area contributed by atoms with E-state index < -0.39 is 6.04 Å². The average molecular weight is 482 g/mol. The number of hydrogen-bond donors (Lipinski definition) is 1. The summed E-state index contributed by atoms with van der Waals surface area (Å²) in [5.41, 5.74) is 2.09. The van der Waals surface area contributed by atoms with Gasteiger partial charge in [-0.1, -0.05) is 31.5 Å². The van der Waals surface area contributed by atoms with Crippen molar-refractivity contribution >= 4 is 17.7 Å². The molecule has 8 nitrogen and oxygen atoms in total. The largest absolute Gasteiger partial charge is 0.497 e. The monoisotopic (exact) mass is 481 g/mol. The SMILES string of the molecule is COc1cc(OC)cc(C(=O)NC(C(=O)N2CCN(C(=O)c3ccc(C)cc3)C(C)C2)C(C)C)c1. The number of methoxy groups -OCH3 is 2. The molecule has 0 radical (unpaired) electrons. The number of rotatable bonds is 7. The molecule has 1 saturated heterocycles. The van der Waals surface area contributed by atoms with Crippen molar-refractivity contribution in [2.75, 3.05) is 33.9 Å². The second-order valence-corrected chi connectivity index (χ2v) is 9.29. The molecule has 2 aromatic carbocycles. The first kappa shape index (κ1) is 26.1. The smallest absolute Gasteiger partial charge is 0.254 e. The summed E-state index contributed by atoms with van der Waals surface area (Å²) in [6.45, 7) is 8.97. The van der Waals surface area contributed by atoms with Gasteiger partial charge in [0.2, 0.25) is 5.91 Å². The predicted molar refractivity (Wildman–Crippen MR) is 134 cm³/mol. The Morgan fingerprint density at radius 2 is 1.54 bits per heavy atom. The van der Waals surface area contributed by atoms with E-state index in [1.165, 1.54) is 14.2 Å². The minimum absolute atomic E-state index is 0.0368. The van der Waals surface area contributed by atoms with Crippen LogP contribution in [-0.4, -0.2) is 73.5 Å². The van der Waals surface area contributed by atoms with Crippen molar-refractivity contribution in [1.82, 2.24) is 15.1 Å². The zero-order valence-electron chi connectivity index (χ0n) is 21.3.